The molecule has 2 bridgehead atoms. The van der Waals surface area contributed by atoms with E-state index in [1.165, 1.54) is 25.7 Å². The van der Waals surface area contributed by atoms with E-state index in [1.807, 2.05) is 25.1 Å². The lowest BCUT2D eigenvalue weighted by molar-refractivity contribution is -0.124. The molecule has 4 heteroatoms. The van der Waals surface area contributed by atoms with Crippen molar-refractivity contribution in [3.8, 4) is 11.5 Å². The van der Waals surface area contributed by atoms with Crippen LogP contribution in [0, 0.1) is 24.7 Å². The summed E-state index contributed by atoms with van der Waals surface area (Å²) in [4.78, 5) is 12.2. The van der Waals surface area contributed by atoms with Crippen molar-refractivity contribution in [3.63, 3.8) is 0 Å². The number of aryl methyl sites for hydroxylation is 1. The number of amides is 1. The van der Waals surface area contributed by atoms with Crippen LogP contribution in [0.3, 0.4) is 0 Å². The quantitative estimate of drug-likeness (QED) is 0.875. The first-order chi connectivity index (χ1) is 11.1. The van der Waals surface area contributed by atoms with Gasteiger partial charge < -0.3 is 14.8 Å². The van der Waals surface area contributed by atoms with E-state index in [0.29, 0.717) is 17.4 Å². The zero-order chi connectivity index (χ0) is 16.4. The molecule has 1 N–H and O–H groups in total. The number of fused-ring (bicyclic) bond motifs is 2. The van der Waals surface area contributed by atoms with Crippen molar-refractivity contribution >= 4 is 5.91 Å². The lowest BCUT2D eigenvalue weighted by atomic mass is 9.84. The van der Waals surface area contributed by atoms with Crippen LogP contribution < -0.4 is 14.8 Å². The molecule has 126 valence electrons. The monoisotopic (exact) mass is 317 g/mol. The van der Waals surface area contributed by atoms with E-state index in [0.717, 1.165) is 17.4 Å². The van der Waals surface area contributed by atoms with Gasteiger partial charge in [-0.15, -0.1) is 0 Å². The van der Waals surface area contributed by atoms with Gasteiger partial charge >= 0.3 is 0 Å². The molecular weight excluding hydrogens is 290 g/mol. The summed E-state index contributed by atoms with van der Waals surface area (Å²) in [6.45, 7) is 4.16. The van der Waals surface area contributed by atoms with Crippen LogP contribution in [0.4, 0.5) is 0 Å². The average Bonchev–Trinajstić information content (AvgIpc) is 3.16. The summed E-state index contributed by atoms with van der Waals surface area (Å²) in [6.07, 6.45) is 5.37. The van der Waals surface area contributed by atoms with Gasteiger partial charge in [0.05, 0.1) is 7.11 Å². The first-order valence-corrected chi connectivity index (χ1v) is 8.63. The van der Waals surface area contributed by atoms with Gasteiger partial charge in [0.2, 0.25) is 0 Å². The average molecular weight is 317 g/mol. The summed E-state index contributed by atoms with van der Waals surface area (Å²) < 4.78 is 10.9. The highest BCUT2D eigenvalue weighted by Gasteiger charge is 2.42. The molecule has 2 fully saturated rings. The molecule has 0 radical (unpaired) electrons. The maximum absolute atomic E-state index is 12.2. The Labute approximate surface area is 138 Å². The topological polar surface area (TPSA) is 47.6 Å². The van der Waals surface area contributed by atoms with E-state index >= 15 is 0 Å². The molecule has 4 atom stereocenters. The second-order valence-corrected chi connectivity index (χ2v) is 7.14. The van der Waals surface area contributed by atoms with E-state index < -0.39 is 0 Å². The minimum absolute atomic E-state index is 0.0323. The molecule has 0 aliphatic heterocycles. The zero-order valence-electron chi connectivity index (χ0n) is 14.3. The fourth-order valence-electron chi connectivity index (χ4n) is 4.35. The van der Waals surface area contributed by atoms with Crippen molar-refractivity contribution in [2.75, 3.05) is 13.7 Å². The van der Waals surface area contributed by atoms with Gasteiger partial charge in [-0.2, -0.15) is 0 Å². The highest BCUT2D eigenvalue weighted by Crippen LogP contribution is 2.49. The summed E-state index contributed by atoms with van der Waals surface area (Å²) in [5.74, 6) is 3.58. The Balaban J connectivity index is 1.50. The molecule has 2 aliphatic rings. The van der Waals surface area contributed by atoms with Crippen LogP contribution in [-0.2, 0) is 4.79 Å². The molecule has 0 aromatic heterocycles. The maximum Gasteiger partial charge on any atom is 0.258 e. The molecule has 4 unspecified atom stereocenters. The van der Waals surface area contributed by atoms with Crippen molar-refractivity contribution < 1.29 is 14.3 Å². The van der Waals surface area contributed by atoms with Gasteiger partial charge in [0.1, 0.15) is 0 Å². The Hall–Kier alpha value is -1.71. The number of carbonyl (C=O) groups is 1. The molecule has 4 nitrogen and oxygen atoms in total. The van der Waals surface area contributed by atoms with Gasteiger partial charge in [-0.3, -0.25) is 4.79 Å². The number of benzene rings is 1. The summed E-state index contributed by atoms with van der Waals surface area (Å²) in [7, 11) is 1.61. The Morgan fingerprint density at radius 1 is 1.30 bits per heavy atom. The molecule has 3 rings (SSSR count). The van der Waals surface area contributed by atoms with E-state index in [-0.39, 0.29) is 18.6 Å². The summed E-state index contributed by atoms with van der Waals surface area (Å²) in [6, 6.07) is 5.95. The molecule has 1 amide bonds. The van der Waals surface area contributed by atoms with Crippen molar-refractivity contribution in [1.29, 1.82) is 0 Å². The Kier molecular flexibility index (Phi) is 4.79. The highest BCUT2D eigenvalue weighted by atomic mass is 16.5. The van der Waals surface area contributed by atoms with Crippen LogP contribution >= 0.6 is 0 Å². The standard InChI is InChI=1S/C19H27NO3/c1-12-4-7-17(18(8-12)22-3)23-11-19(21)20-13(2)16-10-14-5-6-15(16)9-14/h4,7-8,13-16H,5-6,9-11H2,1-3H3,(H,20,21). The maximum atomic E-state index is 12.2. The molecule has 2 saturated carbocycles. The second kappa shape index (κ2) is 6.81. The summed E-state index contributed by atoms with van der Waals surface area (Å²) in [5.41, 5.74) is 1.10. The molecular formula is C19H27NO3. The fourth-order valence-corrected chi connectivity index (χ4v) is 4.35. The smallest absolute Gasteiger partial charge is 0.258 e. The lowest BCUT2D eigenvalue weighted by Gasteiger charge is -2.28. The molecule has 1 aromatic carbocycles. The SMILES string of the molecule is COc1cc(C)ccc1OCC(=O)NC(C)C1CC2CCC1C2. The van der Waals surface area contributed by atoms with Gasteiger partial charge in [-0.1, -0.05) is 12.5 Å². The highest BCUT2D eigenvalue weighted by molar-refractivity contribution is 5.78. The van der Waals surface area contributed by atoms with Gasteiger partial charge in [0.15, 0.2) is 18.1 Å². The second-order valence-electron chi connectivity index (χ2n) is 7.14. The number of rotatable bonds is 6. The molecule has 0 spiro atoms. The Morgan fingerprint density at radius 3 is 2.78 bits per heavy atom. The minimum atomic E-state index is -0.0529. The van der Waals surface area contributed by atoms with Crippen LogP contribution in [-0.4, -0.2) is 25.7 Å². The number of hydrogen-bond acceptors (Lipinski definition) is 3. The minimum Gasteiger partial charge on any atom is -0.493 e. The van der Waals surface area contributed by atoms with Gasteiger partial charge in [-0.25, -0.2) is 0 Å². The van der Waals surface area contributed by atoms with Crippen molar-refractivity contribution in [1.82, 2.24) is 5.32 Å². The molecule has 0 heterocycles. The Bertz CT molecular complexity index is 572. The van der Waals surface area contributed by atoms with E-state index in [9.17, 15) is 4.79 Å². The van der Waals surface area contributed by atoms with Gasteiger partial charge in [0, 0.05) is 6.04 Å². The van der Waals surface area contributed by atoms with Crippen LogP contribution in [0.5, 0.6) is 11.5 Å². The van der Waals surface area contributed by atoms with Gasteiger partial charge in [-0.05, 0) is 68.6 Å². The van der Waals surface area contributed by atoms with Crippen molar-refractivity contribution in [3.05, 3.63) is 23.8 Å². The first kappa shape index (κ1) is 16.2. The number of ether oxygens (including phenoxy) is 2. The van der Waals surface area contributed by atoms with Crippen molar-refractivity contribution in [2.45, 2.75) is 45.6 Å². The normalized spacial score (nSPS) is 26.8. The third-order valence-corrected chi connectivity index (χ3v) is 5.50. The first-order valence-electron chi connectivity index (χ1n) is 8.63. The molecule has 23 heavy (non-hydrogen) atoms. The summed E-state index contributed by atoms with van der Waals surface area (Å²) in [5, 5.41) is 3.12. The lowest BCUT2D eigenvalue weighted by Crippen LogP contribution is -2.42. The van der Waals surface area contributed by atoms with Crippen LogP contribution in [0.1, 0.15) is 38.2 Å². The largest absolute Gasteiger partial charge is 0.493 e. The van der Waals surface area contributed by atoms with Crippen LogP contribution in [0.25, 0.3) is 0 Å². The van der Waals surface area contributed by atoms with Crippen LogP contribution in [0.2, 0.25) is 0 Å². The predicted molar refractivity (Wildman–Crippen MR) is 89.8 cm³/mol. The number of nitrogens with one attached hydrogen (secondary N) is 1. The van der Waals surface area contributed by atoms with E-state index in [1.54, 1.807) is 7.11 Å². The number of carbonyl (C=O) groups excluding carboxylic acids is 1. The molecule has 0 saturated heterocycles. The summed E-state index contributed by atoms with van der Waals surface area (Å²) >= 11 is 0. The number of methoxy groups -OCH3 is 1. The predicted octanol–water partition coefficient (Wildman–Crippen LogP) is 3.32. The van der Waals surface area contributed by atoms with Crippen molar-refractivity contribution in [2.24, 2.45) is 17.8 Å². The molecule has 2 aliphatic carbocycles. The Morgan fingerprint density at radius 2 is 2.13 bits per heavy atom. The van der Waals surface area contributed by atoms with E-state index in [2.05, 4.69) is 12.2 Å². The third kappa shape index (κ3) is 3.62. The fraction of sp³-hybridized carbons (Fsp3) is 0.632. The molecule has 1 aromatic rings. The van der Waals surface area contributed by atoms with E-state index in [4.69, 9.17) is 9.47 Å². The van der Waals surface area contributed by atoms with Crippen LogP contribution in [0.15, 0.2) is 18.2 Å². The number of hydrogen-bond donors (Lipinski definition) is 1. The third-order valence-electron chi connectivity index (χ3n) is 5.50. The zero-order valence-corrected chi connectivity index (χ0v) is 14.3. The van der Waals surface area contributed by atoms with Gasteiger partial charge in [0.25, 0.3) is 5.91 Å².